The zero-order chi connectivity index (χ0) is 27.9. The second kappa shape index (κ2) is 9.61. The van der Waals surface area contributed by atoms with Crippen molar-refractivity contribution in [2.75, 3.05) is 13.2 Å². The van der Waals surface area contributed by atoms with E-state index in [-0.39, 0.29) is 34.7 Å². The van der Waals surface area contributed by atoms with Gasteiger partial charge in [0.05, 0.1) is 23.0 Å². The van der Waals surface area contributed by atoms with Gasteiger partial charge < -0.3 is 15.8 Å². The molecule has 200 valence electrons. The van der Waals surface area contributed by atoms with Gasteiger partial charge >= 0.3 is 6.18 Å². The fourth-order valence-corrected chi connectivity index (χ4v) is 4.37. The lowest BCUT2D eigenvalue weighted by molar-refractivity contribution is -0.149. The number of pyridine rings is 3. The van der Waals surface area contributed by atoms with Crippen molar-refractivity contribution in [2.24, 2.45) is 5.73 Å². The van der Waals surface area contributed by atoms with Crippen molar-refractivity contribution in [3.05, 3.63) is 83.7 Å². The van der Waals surface area contributed by atoms with Gasteiger partial charge in [-0.15, -0.1) is 0 Å². The molecule has 3 N–H and O–H groups in total. The minimum absolute atomic E-state index is 0.000361. The normalized spacial score (nSPS) is 17.4. The molecule has 0 bridgehead atoms. The predicted molar refractivity (Wildman–Crippen MR) is 132 cm³/mol. The highest BCUT2D eigenvalue weighted by Gasteiger charge is 2.47. The number of primary amides is 1. The number of rotatable bonds is 6. The second-order valence-corrected chi connectivity index (χ2v) is 9.36. The molecule has 2 atom stereocenters. The van der Waals surface area contributed by atoms with Gasteiger partial charge in [-0.1, -0.05) is 0 Å². The van der Waals surface area contributed by atoms with Crippen molar-refractivity contribution in [1.29, 1.82) is 0 Å². The number of amides is 2. The molecule has 0 aliphatic carbocycles. The number of carbonyl (C=O) groups is 2. The smallest absolute Gasteiger partial charge is 0.398 e. The van der Waals surface area contributed by atoms with Crippen LogP contribution in [0.2, 0.25) is 0 Å². The summed E-state index contributed by atoms with van der Waals surface area (Å²) in [6.45, 7) is 0.417. The molecule has 1 aliphatic rings. The van der Waals surface area contributed by atoms with Crippen LogP contribution in [-0.4, -0.2) is 46.1 Å². The van der Waals surface area contributed by atoms with Crippen molar-refractivity contribution in [1.82, 2.24) is 20.3 Å². The number of ether oxygens (including phenoxy) is 1. The third-order valence-electron chi connectivity index (χ3n) is 6.72. The third kappa shape index (κ3) is 4.85. The van der Waals surface area contributed by atoms with Crippen LogP contribution in [0.15, 0.2) is 61.1 Å². The zero-order valence-electron chi connectivity index (χ0n) is 20.4. The van der Waals surface area contributed by atoms with Crippen molar-refractivity contribution in [3.8, 4) is 17.0 Å². The molecular weight excluding hydrogens is 518 g/mol. The van der Waals surface area contributed by atoms with E-state index in [0.717, 1.165) is 18.2 Å². The maximum atomic E-state index is 14.4. The number of hydrogen-bond acceptors (Lipinski definition) is 6. The SMILES string of the molecule is C[C@]1(C(N)=O)COc2c1cc([C@@H](CNC(=O)c1cnc3cnccc3c1)C(F)(F)F)nc2-c1ccc(F)cc1. The molecule has 0 spiro atoms. The van der Waals surface area contributed by atoms with Gasteiger partial charge in [-0.25, -0.2) is 9.37 Å². The van der Waals surface area contributed by atoms with E-state index in [0.29, 0.717) is 10.9 Å². The fraction of sp³-hybridized carbons (Fsp3) is 0.222. The minimum Gasteiger partial charge on any atom is -0.489 e. The van der Waals surface area contributed by atoms with E-state index in [1.54, 1.807) is 6.07 Å². The van der Waals surface area contributed by atoms with Gasteiger partial charge in [0.1, 0.15) is 35.2 Å². The van der Waals surface area contributed by atoms with Gasteiger partial charge in [-0.3, -0.25) is 19.6 Å². The maximum Gasteiger partial charge on any atom is 0.398 e. The number of nitrogens with one attached hydrogen (secondary N) is 1. The molecule has 0 unspecified atom stereocenters. The van der Waals surface area contributed by atoms with Gasteiger partial charge in [0, 0.05) is 35.5 Å². The molecule has 0 saturated carbocycles. The molecule has 3 aromatic heterocycles. The van der Waals surface area contributed by atoms with E-state index >= 15 is 0 Å². The molecule has 4 heterocycles. The lowest BCUT2D eigenvalue weighted by atomic mass is 9.82. The Bertz CT molecular complexity index is 1590. The summed E-state index contributed by atoms with van der Waals surface area (Å²) < 4.78 is 62.4. The standard InChI is InChI=1S/C27H21F4N5O3/c1-26(25(32)38)13-39-23-18(26)9-20(36-22(23)14-2-4-17(28)5-3-14)19(27(29,30)31)11-35-24(37)16-8-15-6-7-33-12-21(15)34-10-16/h2-10,12,19H,11,13H2,1H3,(H2,32,38)(H,35,37)/t19-,26+/m1/s1. The minimum atomic E-state index is -4.83. The average Bonchev–Trinajstić information content (AvgIpc) is 3.25. The molecule has 5 rings (SSSR count). The first-order valence-corrected chi connectivity index (χ1v) is 11.8. The number of nitrogens with zero attached hydrogens (tertiary/aromatic N) is 3. The molecule has 12 heteroatoms. The van der Waals surface area contributed by atoms with Gasteiger partial charge in [0.2, 0.25) is 5.91 Å². The molecule has 2 amide bonds. The molecular formula is C27H21F4N5O3. The van der Waals surface area contributed by atoms with E-state index in [1.807, 2.05) is 0 Å². The van der Waals surface area contributed by atoms with Crippen LogP contribution in [0.3, 0.4) is 0 Å². The van der Waals surface area contributed by atoms with E-state index in [2.05, 4.69) is 20.3 Å². The molecule has 4 aromatic rings. The quantitative estimate of drug-likeness (QED) is 0.357. The highest BCUT2D eigenvalue weighted by atomic mass is 19.4. The number of carbonyl (C=O) groups excluding carboxylic acids is 2. The summed E-state index contributed by atoms with van der Waals surface area (Å²) in [6.07, 6.45) is -0.575. The number of nitrogens with two attached hydrogens (primary N) is 1. The van der Waals surface area contributed by atoms with Crippen molar-refractivity contribution in [2.45, 2.75) is 24.4 Å². The number of fused-ring (bicyclic) bond motifs is 2. The fourth-order valence-electron chi connectivity index (χ4n) is 4.37. The number of aromatic nitrogens is 3. The molecule has 0 radical (unpaired) electrons. The molecule has 39 heavy (non-hydrogen) atoms. The summed E-state index contributed by atoms with van der Waals surface area (Å²) in [7, 11) is 0. The molecule has 1 aromatic carbocycles. The van der Waals surface area contributed by atoms with Crippen molar-refractivity contribution < 1.29 is 31.9 Å². The van der Waals surface area contributed by atoms with E-state index in [1.165, 1.54) is 43.7 Å². The summed E-state index contributed by atoms with van der Waals surface area (Å²) in [6, 6.07) is 9.21. The first-order valence-electron chi connectivity index (χ1n) is 11.8. The highest BCUT2D eigenvalue weighted by Crippen LogP contribution is 2.46. The van der Waals surface area contributed by atoms with Gasteiger partial charge in [-0.05, 0) is 49.4 Å². The van der Waals surface area contributed by atoms with E-state index < -0.39 is 47.4 Å². The Morgan fingerprint density at radius 3 is 2.59 bits per heavy atom. The average molecular weight is 539 g/mol. The number of halogens is 4. The van der Waals surface area contributed by atoms with Gasteiger partial charge in [0.25, 0.3) is 5.91 Å². The van der Waals surface area contributed by atoms with Crippen LogP contribution in [0.1, 0.15) is 34.5 Å². The van der Waals surface area contributed by atoms with Crippen molar-refractivity contribution >= 4 is 22.7 Å². The Morgan fingerprint density at radius 2 is 1.90 bits per heavy atom. The van der Waals surface area contributed by atoms with E-state index in [9.17, 15) is 27.2 Å². The summed E-state index contributed by atoms with van der Waals surface area (Å²) in [5.74, 6) is -4.26. The molecule has 0 saturated heterocycles. The highest BCUT2D eigenvalue weighted by molar-refractivity contribution is 5.97. The molecule has 1 aliphatic heterocycles. The topological polar surface area (TPSA) is 120 Å². The summed E-state index contributed by atoms with van der Waals surface area (Å²) >= 11 is 0. The first-order chi connectivity index (χ1) is 18.5. The maximum absolute atomic E-state index is 14.4. The first kappa shape index (κ1) is 26.0. The third-order valence-corrected chi connectivity index (χ3v) is 6.72. The zero-order valence-corrected chi connectivity index (χ0v) is 20.4. The van der Waals surface area contributed by atoms with Crippen LogP contribution >= 0.6 is 0 Å². The van der Waals surface area contributed by atoms with Crippen LogP contribution in [0.25, 0.3) is 22.2 Å². The molecule has 0 fully saturated rings. The Morgan fingerprint density at radius 1 is 1.15 bits per heavy atom. The van der Waals surface area contributed by atoms with Gasteiger partial charge in [-0.2, -0.15) is 13.2 Å². The lowest BCUT2D eigenvalue weighted by Gasteiger charge is -2.24. The Kier molecular flexibility index (Phi) is 6.41. The van der Waals surface area contributed by atoms with Gasteiger partial charge in [0.15, 0.2) is 0 Å². The number of benzene rings is 1. The van der Waals surface area contributed by atoms with Crippen LogP contribution in [0.4, 0.5) is 17.6 Å². The molecule has 8 nitrogen and oxygen atoms in total. The monoisotopic (exact) mass is 539 g/mol. The van der Waals surface area contributed by atoms with E-state index in [4.69, 9.17) is 10.5 Å². The largest absolute Gasteiger partial charge is 0.489 e. The van der Waals surface area contributed by atoms with Crippen LogP contribution < -0.4 is 15.8 Å². The van der Waals surface area contributed by atoms with Crippen LogP contribution in [-0.2, 0) is 10.2 Å². The Labute approximate surface area is 219 Å². The predicted octanol–water partition coefficient (Wildman–Crippen LogP) is 4.04. The summed E-state index contributed by atoms with van der Waals surface area (Å²) in [5.41, 5.74) is 4.72. The summed E-state index contributed by atoms with van der Waals surface area (Å²) in [4.78, 5) is 37.4. The lowest BCUT2D eigenvalue weighted by Crippen LogP contribution is -2.40. The van der Waals surface area contributed by atoms with Crippen LogP contribution in [0.5, 0.6) is 5.75 Å². The van der Waals surface area contributed by atoms with Crippen LogP contribution in [0, 0.1) is 5.82 Å². The summed E-state index contributed by atoms with van der Waals surface area (Å²) in [5, 5.41) is 2.92. The Hall–Kier alpha value is -4.61. The second-order valence-electron chi connectivity index (χ2n) is 9.36. The van der Waals surface area contributed by atoms with Crippen molar-refractivity contribution in [3.63, 3.8) is 0 Å². The Balaban J connectivity index is 1.54. The number of hydrogen-bond donors (Lipinski definition) is 2. The number of alkyl halides is 3.